The number of nitrogens with one attached hydrogen (secondary N) is 1. The van der Waals surface area contributed by atoms with Gasteiger partial charge in [0.05, 0.1) is 0 Å². The molecule has 4 aromatic rings. The second kappa shape index (κ2) is 6.10. The van der Waals surface area contributed by atoms with Gasteiger partial charge in [0, 0.05) is 27.7 Å². The molecule has 0 saturated heterocycles. The first-order valence-corrected chi connectivity index (χ1v) is 8.39. The Hall–Kier alpha value is -2.50. The number of nitrogens with zero attached hydrogens (tertiary/aromatic N) is 2. The van der Waals surface area contributed by atoms with E-state index in [1.165, 1.54) is 4.68 Å². The predicted octanol–water partition coefficient (Wildman–Crippen LogP) is 4.51. The van der Waals surface area contributed by atoms with E-state index in [0.29, 0.717) is 38.8 Å². The normalized spacial score (nSPS) is 11.3. The molecule has 0 saturated carbocycles. The van der Waals surface area contributed by atoms with E-state index in [0.717, 1.165) is 5.56 Å². The van der Waals surface area contributed by atoms with Gasteiger partial charge < -0.3 is 4.42 Å². The topological polar surface area (TPSA) is 63.8 Å². The number of rotatable bonds is 3. The summed E-state index contributed by atoms with van der Waals surface area (Å²) in [5.74, 6) is 0. The summed E-state index contributed by atoms with van der Waals surface area (Å²) in [4.78, 5) is 17.2. The second-order valence-corrected chi connectivity index (χ2v) is 6.51. The molecule has 0 spiro atoms. The molecule has 0 aliphatic heterocycles. The number of fused-ring (bicyclic) bond motifs is 1. The predicted molar refractivity (Wildman–Crippen MR) is 98.0 cm³/mol. The van der Waals surface area contributed by atoms with Crippen LogP contribution < -0.4 is 5.56 Å². The monoisotopic (exact) mass is 373 g/mol. The maximum Gasteiger partial charge on any atom is 0.325 e. The molecule has 0 aliphatic carbocycles. The molecule has 0 radical (unpaired) electrons. The van der Waals surface area contributed by atoms with E-state index in [9.17, 15) is 4.79 Å². The van der Waals surface area contributed by atoms with Gasteiger partial charge in [-0.1, -0.05) is 41.4 Å². The van der Waals surface area contributed by atoms with Crippen LogP contribution in [-0.4, -0.2) is 14.8 Å². The third-order valence-electron chi connectivity index (χ3n) is 4.08. The van der Waals surface area contributed by atoms with Crippen LogP contribution in [0.5, 0.6) is 0 Å². The van der Waals surface area contributed by atoms with Crippen LogP contribution >= 0.6 is 23.2 Å². The fourth-order valence-electron chi connectivity index (χ4n) is 2.76. The first-order valence-electron chi connectivity index (χ1n) is 7.64. The van der Waals surface area contributed by atoms with Gasteiger partial charge in [0.1, 0.15) is 5.52 Å². The van der Waals surface area contributed by atoms with Crippen LogP contribution in [-0.2, 0) is 6.42 Å². The van der Waals surface area contributed by atoms with Gasteiger partial charge in [0.2, 0.25) is 0 Å². The average molecular weight is 374 g/mol. The third kappa shape index (κ3) is 2.75. The lowest BCUT2D eigenvalue weighted by Gasteiger charge is -2.05. The van der Waals surface area contributed by atoms with E-state index >= 15 is 0 Å². The lowest BCUT2D eigenvalue weighted by Crippen LogP contribution is -2.18. The summed E-state index contributed by atoms with van der Waals surface area (Å²) in [6, 6.07) is 12.8. The molecule has 4 rings (SSSR count). The van der Waals surface area contributed by atoms with Crippen molar-refractivity contribution in [2.24, 2.45) is 0 Å². The van der Waals surface area contributed by atoms with Gasteiger partial charge in [-0.05, 0) is 36.8 Å². The standard InChI is InChI=1S/C18H13Cl2N3O2/c1-10-11(9-12-13(19)5-4-6-14(12)20)17(24)23(22-10)18-21-15-7-2-3-8-16(15)25-18/h2-8,22H,9H2,1H3. The number of aromatic amines is 1. The third-order valence-corrected chi connectivity index (χ3v) is 4.79. The minimum atomic E-state index is -0.236. The highest BCUT2D eigenvalue weighted by atomic mass is 35.5. The van der Waals surface area contributed by atoms with E-state index in [-0.39, 0.29) is 11.6 Å². The SMILES string of the molecule is Cc1[nH]n(-c2nc3ccccc3o2)c(=O)c1Cc1c(Cl)cccc1Cl. The molecule has 0 fully saturated rings. The zero-order valence-corrected chi connectivity index (χ0v) is 14.7. The molecule has 25 heavy (non-hydrogen) atoms. The van der Waals surface area contributed by atoms with Gasteiger partial charge in [-0.2, -0.15) is 9.67 Å². The number of hydrogen-bond acceptors (Lipinski definition) is 3. The molecular weight excluding hydrogens is 361 g/mol. The van der Waals surface area contributed by atoms with Crippen molar-refractivity contribution in [3.8, 4) is 6.01 Å². The van der Waals surface area contributed by atoms with Gasteiger partial charge in [-0.25, -0.2) is 0 Å². The molecule has 0 aliphatic rings. The largest absolute Gasteiger partial charge is 0.422 e. The van der Waals surface area contributed by atoms with Crippen LogP contribution in [0.1, 0.15) is 16.8 Å². The van der Waals surface area contributed by atoms with Gasteiger partial charge >= 0.3 is 6.01 Å². The molecular formula is C18H13Cl2N3O2. The molecule has 0 bridgehead atoms. The number of benzene rings is 2. The molecule has 2 heterocycles. The van der Waals surface area contributed by atoms with E-state index in [1.54, 1.807) is 24.3 Å². The van der Waals surface area contributed by atoms with Crippen LogP contribution in [0.2, 0.25) is 10.0 Å². The summed E-state index contributed by atoms with van der Waals surface area (Å²) >= 11 is 12.5. The van der Waals surface area contributed by atoms with Crippen molar-refractivity contribution < 1.29 is 4.42 Å². The van der Waals surface area contributed by atoms with Gasteiger partial charge in [0.25, 0.3) is 5.56 Å². The highest BCUT2D eigenvalue weighted by Gasteiger charge is 2.18. The molecule has 5 nitrogen and oxygen atoms in total. The van der Waals surface area contributed by atoms with Gasteiger partial charge in [0.15, 0.2) is 5.58 Å². The molecule has 126 valence electrons. The number of aromatic nitrogens is 3. The van der Waals surface area contributed by atoms with E-state index in [4.69, 9.17) is 27.6 Å². The number of aryl methyl sites for hydroxylation is 1. The lowest BCUT2D eigenvalue weighted by molar-refractivity contribution is 0.535. The van der Waals surface area contributed by atoms with Gasteiger partial charge in [-0.3, -0.25) is 9.89 Å². The minimum Gasteiger partial charge on any atom is -0.422 e. The quantitative estimate of drug-likeness (QED) is 0.574. The number of para-hydroxylation sites is 2. The van der Waals surface area contributed by atoms with Gasteiger partial charge in [-0.15, -0.1) is 0 Å². The second-order valence-electron chi connectivity index (χ2n) is 5.70. The Kier molecular flexibility index (Phi) is 3.90. The minimum absolute atomic E-state index is 0.200. The number of oxazole rings is 1. The number of H-pyrrole nitrogens is 1. The van der Waals surface area contributed by atoms with Crippen molar-refractivity contribution in [3.05, 3.63) is 79.7 Å². The first-order chi connectivity index (χ1) is 12.0. The van der Waals surface area contributed by atoms with Crippen LogP contribution in [0.4, 0.5) is 0 Å². The molecule has 0 amide bonds. The fourth-order valence-corrected chi connectivity index (χ4v) is 3.29. The molecule has 7 heteroatoms. The fraction of sp³-hybridized carbons (Fsp3) is 0.111. The highest BCUT2D eigenvalue weighted by molar-refractivity contribution is 6.36. The molecule has 0 unspecified atom stereocenters. The molecule has 1 N–H and O–H groups in total. The van der Waals surface area contributed by atoms with Crippen molar-refractivity contribution in [2.45, 2.75) is 13.3 Å². The highest BCUT2D eigenvalue weighted by Crippen LogP contribution is 2.27. The maximum atomic E-state index is 12.8. The van der Waals surface area contributed by atoms with Crippen LogP contribution in [0, 0.1) is 6.92 Å². The Labute approximate surface area is 152 Å². The summed E-state index contributed by atoms with van der Waals surface area (Å²) in [6.45, 7) is 1.82. The zero-order chi connectivity index (χ0) is 17.6. The number of halogens is 2. The van der Waals surface area contributed by atoms with Crippen LogP contribution in [0.15, 0.2) is 51.7 Å². The Balaban J connectivity index is 1.80. The Morgan fingerprint density at radius 2 is 1.80 bits per heavy atom. The summed E-state index contributed by atoms with van der Waals surface area (Å²) in [6.07, 6.45) is 0.326. The average Bonchev–Trinajstić information content (AvgIpc) is 3.13. The van der Waals surface area contributed by atoms with Crippen LogP contribution in [0.3, 0.4) is 0 Å². The van der Waals surface area contributed by atoms with Crippen molar-refractivity contribution in [1.82, 2.24) is 14.8 Å². The smallest absolute Gasteiger partial charge is 0.325 e. The van der Waals surface area contributed by atoms with Crippen molar-refractivity contribution in [3.63, 3.8) is 0 Å². The summed E-state index contributed by atoms with van der Waals surface area (Å²) in [7, 11) is 0. The van der Waals surface area contributed by atoms with Crippen LogP contribution in [0.25, 0.3) is 17.1 Å². The van der Waals surface area contributed by atoms with Crippen molar-refractivity contribution in [2.75, 3.05) is 0 Å². The zero-order valence-electron chi connectivity index (χ0n) is 13.2. The first kappa shape index (κ1) is 16.0. The Morgan fingerprint density at radius 1 is 1.08 bits per heavy atom. The summed E-state index contributed by atoms with van der Waals surface area (Å²) in [5.41, 5.74) is 3.06. The summed E-state index contributed by atoms with van der Waals surface area (Å²) in [5, 5.41) is 4.07. The van der Waals surface area contributed by atoms with E-state index < -0.39 is 0 Å². The lowest BCUT2D eigenvalue weighted by atomic mass is 10.1. The Bertz CT molecular complexity index is 1090. The maximum absolute atomic E-state index is 12.8. The van der Waals surface area contributed by atoms with Crippen molar-refractivity contribution >= 4 is 34.3 Å². The van der Waals surface area contributed by atoms with E-state index in [1.807, 2.05) is 25.1 Å². The molecule has 2 aromatic carbocycles. The van der Waals surface area contributed by atoms with E-state index in [2.05, 4.69) is 10.1 Å². The molecule has 0 atom stereocenters. The Morgan fingerprint density at radius 3 is 2.52 bits per heavy atom. The molecule has 2 aromatic heterocycles. The summed E-state index contributed by atoms with van der Waals surface area (Å²) < 4.78 is 6.97. The number of hydrogen-bond donors (Lipinski definition) is 1. The van der Waals surface area contributed by atoms with Crippen molar-refractivity contribution in [1.29, 1.82) is 0 Å².